The Bertz CT molecular complexity index is 1070. The average Bonchev–Trinajstić information content (AvgIpc) is 2.73. The molecule has 1 heterocycles. The van der Waals surface area contributed by atoms with Crippen molar-refractivity contribution in [3.8, 4) is 17.4 Å². The highest BCUT2D eigenvalue weighted by molar-refractivity contribution is 5.85. The molecule has 27 heavy (non-hydrogen) atoms. The van der Waals surface area contributed by atoms with Crippen molar-refractivity contribution < 1.29 is 9.47 Å². The number of benzene rings is 3. The number of rotatable bonds is 5. The molecule has 0 aliphatic rings. The van der Waals surface area contributed by atoms with Crippen LogP contribution in [0.4, 0.5) is 0 Å². The molecular weight excluding hydrogens is 336 g/mol. The van der Waals surface area contributed by atoms with Gasteiger partial charge < -0.3 is 9.47 Å². The zero-order chi connectivity index (χ0) is 18.5. The van der Waals surface area contributed by atoms with Gasteiger partial charge in [0.1, 0.15) is 11.5 Å². The molecule has 0 radical (unpaired) electrons. The molecule has 4 heteroatoms. The molecule has 0 fully saturated rings. The van der Waals surface area contributed by atoms with Crippen molar-refractivity contribution in [2.75, 3.05) is 7.11 Å². The first-order valence-electron chi connectivity index (χ1n) is 8.64. The van der Waals surface area contributed by atoms with Crippen LogP contribution in [0, 0.1) is 0 Å². The molecule has 0 N–H and O–H groups in total. The minimum Gasteiger partial charge on any atom is -0.497 e. The van der Waals surface area contributed by atoms with Crippen molar-refractivity contribution in [3.63, 3.8) is 0 Å². The maximum atomic E-state index is 6.04. The van der Waals surface area contributed by atoms with Gasteiger partial charge in [0.2, 0.25) is 5.88 Å². The lowest BCUT2D eigenvalue weighted by Crippen LogP contribution is -1.95. The van der Waals surface area contributed by atoms with Gasteiger partial charge >= 0.3 is 0 Å². The highest BCUT2D eigenvalue weighted by Crippen LogP contribution is 2.28. The van der Waals surface area contributed by atoms with Gasteiger partial charge in [0, 0.05) is 0 Å². The first kappa shape index (κ1) is 16.8. The van der Waals surface area contributed by atoms with Gasteiger partial charge in [-0.3, -0.25) is 0 Å². The molecule has 0 unspecified atom stereocenters. The molecule has 0 saturated carbocycles. The van der Waals surface area contributed by atoms with E-state index in [0.29, 0.717) is 17.5 Å². The molecule has 4 rings (SSSR count). The summed E-state index contributed by atoms with van der Waals surface area (Å²) in [6.07, 6.45) is 3.88. The van der Waals surface area contributed by atoms with Crippen molar-refractivity contribution in [2.45, 2.75) is 0 Å². The third kappa shape index (κ3) is 3.96. The number of fused-ring (bicyclic) bond motifs is 1. The minimum atomic E-state index is 0.526. The molecule has 4 aromatic rings. The number of methoxy groups -OCH3 is 1. The number of ether oxygens (including phenoxy) is 2. The molecule has 0 aliphatic heterocycles. The Morgan fingerprint density at radius 2 is 1.41 bits per heavy atom. The molecule has 1 aromatic heterocycles. The van der Waals surface area contributed by atoms with Crippen molar-refractivity contribution in [2.24, 2.45) is 0 Å². The summed E-state index contributed by atoms with van der Waals surface area (Å²) in [5, 5.41) is 0.866. The third-order valence-corrected chi connectivity index (χ3v) is 4.08. The van der Waals surface area contributed by atoms with Gasteiger partial charge in [0.25, 0.3) is 0 Å². The standard InChI is InChI=1S/C23H18N2O2/c1-26-18-12-14-19(15-13-18)27-23-20-9-5-6-10-21(20)24-22(25-23)16-11-17-7-3-2-4-8-17/h2-16H,1H3. The van der Waals surface area contributed by atoms with Gasteiger partial charge in [-0.25, -0.2) is 4.98 Å². The normalized spacial score (nSPS) is 11.0. The van der Waals surface area contributed by atoms with Gasteiger partial charge in [0.15, 0.2) is 5.82 Å². The zero-order valence-electron chi connectivity index (χ0n) is 14.9. The van der Waals surface area contributed by atoms with Crippen molar-refractivity contribution in [1.82, 2.24) is 9.97 Å². The summed E-state index contributed by atoms with van der Waals surface area (Å²) in [7, 11) is 1.64. The molecule has 0 atom stereocenters. The van der Waals surface area contributed by atoms with E-state index in [0.717, 1.165) is 22.2 Å². The minimum absolute atomic E-state index is 0.526. The average molecular weight is 354 g/mol. The molecule has 0 saturated heterocycles. The molecule has 132 valence electrons. The van der Waals surface area contributed by atoms with E-state index in [2.05, 4.69) is 9.97 Å². The Balaban J connectivity index is 1.70. The topological polar surface area (TPSA) is 44.2 Å². The maximum Gasteiger partial charge on any atom is 0.230 e. The Labute approximate surface area is 157 Å². The van der Waals surface area contributed by atoms with Gasteiger partial charge in [-0.2, -0.15) is 4.98 Å². The summed E-state index contributed by atoms with van der Waals surface area (Å²) in [6.45, 7) is 0. The lowest BCUT2D eigenvalue weighted by Gasteiger charge is -2.09. The summed E-state index contributed by atoms with van der Waals surface area (Å²) >= 11 is 0. The summed E-state index contributed by atoms with van der Waals surface area (Å²) < 4.78 is 11.2. The zero-order valence-corrected chi connectivity index (χ0v) is 14.9. The van der Waals surface area contributed by atoms with E-state index >= 15 is 0 Å². The van der Waals surface area contributed by atoms with Gasteiger partial charge in [-0.1, -0.05) is 48.5 Å². The van der Waals surface area contributed by atoms with E-state index in [1.807, 2.05) is 91.0 Å². The molecule has 0 bridgehead atoms. The monoisotopic (exact) mass is 354 g/mol. The second-order valence-corrected chi connectivity index (χ2v) is 5.93. The number of para-hydroxylation sites is 1. The molecule has 4 nitrogen and oxygen atoms in total. The first-order chi connectivity index (χ1) is 13.3. The van der Waals surface area contributed by atoms with Crippen LogP contribution >= 0.6 is 0 Å². The summed E-state index contributed by atoms with van der Waals surface area (Å²) in [4.78, 5) is 9.22. The van der Waals surface area contributed by atoms with E-state index in [9.17, 15) is 0 Å². The van der Waals surface area contributed by atoms with E-state index in [4.69, 9.17) is 9.47 Å². The highest BCUT2D eigenvalue weighted by atomic mass is 16.5. The molecule has 3 aromatic carbocycles. The SMILES string of the molecule is COc1ccc(Oc2nc(C=Cc3ccccc3)nc3ccccc23)cc1. The van der Waals surface area contributed by atoms with Gasteiger partial charge in [0.05, 0.1) is 18.0 Å². The van der Waals surface area contributed by atoms with Crippen LogP contribution in [0.3, 0.4) is 0 Å². The largest absolute Gasteiger partial charge is 0.497 e. The fourth-order valence-corrected chi connectivity index (χ4v) is 2.71. The van der Waals surface area contributed by atoms with Crippen LogP contribution in [0.2, 0.25) is 0 Å². The predicted molar refractivity (Wildman–Crippen MR) is 108 cm³/mol. The number of hydrogen-bond acceptors (Lipinski definition) is 4. The van der Waals surface area contributed by atoms with Crippen molar-refractivity contribution in [1.29, 1.82) is 0 Å². The van der Waals surface area contributed by atoms with E-state index in [1.165, 1.54) is 0 Å². The lowest BCUT2D eigenvalue weighted by atomic mass is 10.2. The van der Waals surface area contributed by atoms with Crippen LogP contribution in [0.1, 0.15) is 11.4 Å². The summed E-state index contributed by atoms with van der Waals surface area (Å²) in [5.74, 6) is 2.60. The van der Waals surface area contributed by atoms with Crippen molar-refractivity contribution >= 4 is 23.1 Å². The van der Waals surface area contributed by atoms with Crippen LogP contribution in [-0.4, -0.2) is 17.1 Å². The van der Waals surface area contributed by atoms with Crippen LogP contribution in [0.5, 0.6) is 17.4 Å². The van der Waals surface area contributed by atoms with Crippen molar-refractivity contribution in [3.05, 3.63) is 90.3 Å². The van der Waals surface area contributed by atoms with Crippen LogP contribution in [-0.2, 0) is 0 Å². The third-order valence-electron chi connectivity index (χ3n) is 4.08. The van der Waals surface area contributed by atoms with E-state index in [-0.39, 0.29) is 0 Å². The fraction of sp³-hybridized carbons (Fsp3) is 0.0435. The highest BCUT2D eigenvalue weighted by Gasteiger charge is 2.08. The summed E-state index contributed by atoms with van der Waals surface area (Å²) in [5.41, 5.74) is 1.93. The van der Waals surface area contributed by atoms with Crippen LogP contribution < -0.4 is 9.47 Å². The number of aromatic nitrogens is 2. The van der Waals surface area contributed by atoms with E-state index in [1.54, 1.807) is 7.11 Å². The summed E-state index contributed by atoms with van der Waals surface area (Å²) in [6, 6.07) is 25.3. The Morgan fingerprint density at radius 3 is 2.19 bits per heavy atom. The molecule has 0 spiro atoms. The van der Waals surface area contributed by atoms with Crippen LogP contribution in [0.15, 0.2) is 78.9 Å². The fourth-order valence-electron chi connectivity index (χ4n) is 2.71. The molecular formula is C23H18N2O2. The Morgan fingerprint density at radius 1 is 0.704 bits per heavy atom. The number of hydrogen-bond donors (Lipinski definition) is 0. The maximum absolute atomic E-state index is 6.04. The number of nitrogens with zero attached hydrogens (tertiary/aromatic N) is 2. The Kier molecular flexibility index (Phi) is 4.79. The van der Waals surface area contributed by atoms with Crippen LogP contribution in [0.25, 0.3) is 23.1 Å². The Hall–Kier alpha value is -3.66. The smallest absolute Gasteiger partial charge is 0.230 e. The predicted octanol–water partition coefficient (Wildman–Crippen LogP) is 5.60. The molecule has 0 amide bonds. The molecule has 0 aliphatic carbocycles. The first-order valence-corrected chi connectivity index (χ1v) is 8.64. The van der Waals surface area contributed by atoms with Gasteiger partial charge in [-0.15, -0.1) is 0 Å². The second-order valence-electron chi connectivity index (χ2n) is 5.93. The van der Waals surface area contributed by atoms with E-state index < -0.39 is 0 Å². The second kappa shape index (κ2) is 7.70. The van der Waals surface area contributed by atoms with Gasteiger partial charge in [-0.05, 0) is 48.0 Å². The quantitative estimate of drug-likeness (QED) is 0.468. The lowest BCUT2D eigenvalue weighted by molar-refractivity contribution is 0.412.